The van der Waals surface area contributed by atoms with E-state index < -0.39 is 0 Å². The van der Waals surface area contributed by atoms with Gasteiger partial charge in [-0.15, -0.1) is 0 Å². The highest BCUT2D eigenvalue weighted by molar-refractivity contribution is 4.87. The van der Waals surface area contributed by atoms with Crippen molar-refractivity contribution in [1.82, 2.24) is 15.1 Å². The van der Waals surface area contributed by atoms with E-state index in [1.807, 2.05) is 0 Å². The number of hydrogen-bond donors (Lipinski definition) is 1. The predicted octanol–water partition coefficient (Wildman–Crippen LogP) is 2.96. The number of rotatable bonds is 7. The molecule has 1 aliphatic carbocycles. The number of likely N-dealkylation sites (N-methyl/N-ethyl adjacent to an activating group) is 1. The molecule has 3 nitrogen and oxygen atoms in total. The lowest BCUT2D eigenvalue weighted by Gasteiger charge is -2.31. The summed E-state index contributed by atoms with van der Waals surface area (Å²) in [5.74, 6) is 0.878. The Kier molecular flexibility index (Phi) is 7.48. The van der Waals surface area contributed by atoms with E-state index in [9.17, 15) is 0 Å². The molecule has 0 spiro atoms. The molecule has 3 unspecified atom stereocenters. The van der Waals surface area contributed by atoms with Gasteiger partial charge in [0.05, 0.1) is 0 Å². The SMILES string of the molecule is CCNC1CCCCCC1CN1CCC(N(CC)CC)C1. The van der Waals surface area contributed by atoms with E-state index in [1.54, 1.807) is 0 Å². The molecule has 3 heteroatoms. The molecule has 1 aliphatic heterocycles. The maximum Gasteiger partial charge on any atom is 0.0235 e. The van der Waals surface area contributed by atoms with Gasteiger partial charge in [-0.3, -0.25) is 4.90 Å². The normalized spacial score (nSPS) is 31.7. The van der Waals surface area contributed by atoms with Gasteiger partial charge in [0.15, 0.2) is 0 Å². The van der Waals surface area contributed by atoms with E-state index >= 15 is 0 Å². The summed E-state index contributed by atoms with van der Waals surface area (Å²) in [6.45, 7) is 14.4. The first-order valence-corrected chi connectivity index (χ1v) is 9.48. The molecular formula is C18H37N3. The van der Waals surface area contributed by atoms with Crippen LogP contribution in [0.1, 0.15) is 59.3 Å². The van der Waals surface area contributed by atoms with Gasteiger partial charge in [-0.2, -0.15) is 0 Å². The number of nitrogens with zero attached hydrogens (tertiary/aromatic N) is 2. The third-order valence-corrected chi connectivity index (χ3v) is 5.69. The molecule has 1 heterocycles. The summed E-state index contributed by atoms with van der Waals surface area (Å²) in [6.07, 6.45) is 8.52. The lowest BCUT2D eigenvalue weighted by atomic mass is 9.94. The highest BCUT2D eigenvalue weighted by Gasteiger charge is 2.30. The first-order valence-electron chi connectivity index (χ1n) is 9.48. The van der Waals surface area contributed by atoms with E-state index in [0.717, 1.165) is 24.5 Å². The zero-order chi connectivity index (χ0) is 15.1. The van der Waals surface area contributed by atoms with Gasteiger partial charge >= 0.3 is 0 Å². The Morgan fingerprint density at radius 2 is 1.76 bits per heavy atom. The fraction of sp³-hybridized carbons (Fsp3) is 1.00. The van der Waals surface area contributed by atoms with E-state index in [-0.39, 0.29) is 0 Å². The molecule has 1 saturated heterocycles. The van der Waals surface area contributed by atoms with Crippen LogP contribution in [0.25, 0.3) is 0 Å². The second-order valence-electron chi connectivity index (χ2n) is 6.99. The number of hydrogen-bond acceptors (Lipinski definition) is 3. The first kappa shape index (κ1) is 17.2. The summed E-state index contributed by atoms with van der Waals surface area (Å²) in [5.41, 5.74) is 0. The van der Waals surface area contributed by atoms with Gasteiger partial charge in [0.25, 0.3) is 0 Å². The summed E-state index contributed by atoms with van der Waals surface area (Å²) in [6, 6.07) is 1.58. The molecule has 21 heavy (non-hydrogen) atoms. The minimum atomic E-state index is 0.769. The van der Waals surface area contributed by atoms with Crippen LogP contribution < -0.4 is 5.32 Å². The fourth-order valence-electron chi connectivity index (χ4n) is 4.48. The molecule has 1 saturated carbocycles. The highest BCUT2D eigenvalue weighted by Crippen LogP contribution is 2.26. The van der Waals surface area contributed by atoms with Crippen LogP contribution in [-0.4, -0.2) is 61.2 Å². The maximum absolute atomic E-state index is 3.77. The van der Waals surface area contributed by atoms with E-state index in [2.05, 4.69) is 35.9 Å². The van der Waals surface area contributed by atoms with Gasteiger partial charge in [-0.25, -0.2) is 0 Å². The minimum absolute atomic E-state index is 0.769. The van der Waals surface area contributed by atoms with Crippen molar-refractivity contribution < 1.29 is 0 Å². The third-order valence-electron chi connectivity index (χ3n) is 5.69. The van der Waals surface area contributed by atoms with Crippen LogP contribution in [-0.2, 0) is 0 Å². The van der Waals surface area contributed by atoms with Gasteiger partial charge in [0.2, 0.25) is 0 Å². The Balaban J connectivity index is 1.85. The Morgan fingerprint density at radius 1 is 1.00 bits per heavy atom. The van der Waals surface area contributed by atoms with Crippen LogP contribution >= 0.6 is 0 Å². The molecule has 0 amide bonds. The third kappa shape index (κ3) is 4.94. The van der Waals surface area contributed by atoms with Gasteiger partial charge in [0, 0.05) is 25.2 Å². The van der Waals surface area contributed by atoms with Crippen molar-refractivity contribution in [3.05, 3.63) is 0 Å². The van der Waals surface area contributed by atoms with Gasteiger partial charge in [-0.05, 0) is 51.4 Å². The maximum atomic E-state index is 3.77. The molecule has 0 radical (unpaired) electrons. The quantitative estimate of drug-likeness (QED) is 0.729. The van der Waals surface area contributed by atoms with E-state index in [4.69, 9.17) is 0 Å². The number of nitrogens with one attached hydrogen (secondary N) is 1. The van der Waals surface area contributed by atoms with Crippen molar-refractivity contribution in [3.63, 3.8) is 0 Å². The smallest absolute Gasteiger partial charge is 0.0235 e. The largest absolute Gasteiger partial charge is 0.314 e. The molecule has 3 atom stereocenters. The van der Waals surface area contributed by atoms with Crippen molar-refractivity contribution in [3.8, 4) is 0 Å². The van der Waals surface area contributed by atoms with E-state index in [1.165, 1.54) is 71.2 Å². The fourth-order valence-corrected chi connectivity index (χ4v) is 4.48. The van der Waals surface area contributed by atoms with Crippen LogP contribution in [0.2, 0.25) is 0 Å². The van der Waals surface area contributed by atoms with Crippen LogP contribution in [0.3, 0.4) is 0 Å². The lowest BCUT2D eigenvalue weighted by molar-refractivity contribution is 0.187. The molecular weight excluding hydrogens is 258 g/mol. The van der Waals surface area contributed by atoms with Crippen molar-refractivity contribution in [2.24, 2.45) is 5.92 Å². The van der Waals surface area contributed by atoms with Crippen molar-refractivity contribution in [1.29, 1.82) is 0 Å². The summed E-state index contributed by atoms with van der Waals surface area (Å²) in [4.78, 5) is 5.40. The molecule has 0 aromatic rings. The zero-order valence-electron chi connectivity index (χ0n) is 14.6. The Hall–Kier alpha value is -0.120. The molecule has 2 fully saturated rings. The Morgan fingerprint density at radius 3 is 2.48 bits per heavy atom. The van der Waals surface area contributed by atoms with Crippen LogP contribution in [0.4, 0.5) is 0 Å². The minimum Gasteiger partial charge on any atom is -0.314 e. The number of likely N-dealkylation sites (tertiary alicyclic amines) is 1. The summed E-state index contributed by atoms with van der Waals surface area (Å²) in [5, 5.41) is 3.77. The zero-order valence-corrected chi connectivity index (χ0v) is 14.6. The molecule has 0 bridgehead atoms. The summed E-state index contributed by atoms with van der Waals surface area (Å²) >= 11 is 0. The monoisotopic (exact) mass is 295 g/mol. The standard InChI is InChI=1S/C18H37N3/c1-4-19-18-11-9-7-8-10-16(18)14-20-13-12-17(15-20)21(5-2)6-3/h16-19H,4-15H2,1-3H3. The second kappa shape index (κ2) is 9.12. The Bertz CT molecular complexity index is 278. The second-order valence-corrected chi connectivity index (χ2v) is 6.99. The lowest BCUT2D eigenvalue weighted by Crippen LogP contribution is -2.43. The summed E-state index contributed by atoms with van der Waals surface area (Å²) < 4.78 is 0. The van der Waals surface area contributed by atoms with Crippen LogP contribution in [0, 0.1) is 5.92 Å². The average Bonchev–Trinajstić information content (AvgIpc) is 2.83. The van der Waals surface area contributed by atoms with Crippen LogP contribution in [0.5, 0.6) is 0 Å². The topological polar surface area (TPSA) is 18.5 Å². The molecule has 1 N–H and O–H groups in total. The van der Waals surface area contributed by atoms with E-state index in [0.29, 0.717) is 0 Å². The molecule has 2 aliphatic rings. The molecule has 124 valence electrons. The Labute approximate surface area is 132 Å². The molecule has 2 rings (SSSR count). The molecule has 0 aromatic heterocycles. The highest BCUT2D eigenvalue weighted by atomic mass is 15.2. The predicted molar refractivity (Wildman–Crippen MR) is 91.8 cm³/mol. The molecule has 0 aromatic carbocycles. The van der Waals surface area contributed by atoms with Crippen molar-refractivity contribution in [2.75, 3.05) is 39.3 Å². The van der Waals surface area contributed by atoms with Gasteiger partial charge < -0.3 is 10.2 Å². The van der Waals surface area contributed by atoms with Gasteiger partial charge in [-0.1, -0.05) is 40.0 Å². The van der Waals surface area contributed by atoms with Gasteiger partial charge in [0.1, 0.15) is 0 Å². The van der Waals surface area contributed by atoms with Crippen molar-refractivity contribution >= 4 is 0 Å². The summed E-state index contributed by atoms with van der Waals surface area (Å²) in [7, 11) is 0. The van der Waals surface area contributed by atoms with Crippen molar-refractivity contribution in [2.45, 2.75) is 71.4 Å². The first-order chi connectivity index (χ1) is 10.3. The average molecular weight is 296 g/mol. The van der Waals surface area contributed by atoms with Crippen LogP contribution in [0.15, 0.2) is 0 Å².